The summed E-state index contributed by atoms with van der Waals surface area (Å²) < 4.78 is 19.7. The standard InChI is InChI=1S/C19H20FNO2/c1-11-5-4-6-14(16(11)20)12-7-8-15-13(9-12)10-19(2,3)17(15)23-18(21)22/h4-9,17H,10H2,1-3H3,(H2,21,22). The first-order valence-corrected chi connectivity index (χ1v) is 7.64. The van der Waals surface area contributed by atoms with Crippen LogP contribution in [0.2, 0.25) is 0 Å². The molecule has 2 aromatic carbocycles. The summed E-state index contributed by atoms with van der Waals surface area (Å²) in [6, 6.07) is 11.2. The number of benzene rings is 2. The van der Waals surface area contributed by atoms with Crippen molar-refractivity contribution in [1.82, 2.24) is 0 Å². The van der Waals surface area contributed by atoms with Crippen molar-refractivity contribution in [3.8, 4) is 11.1 Å². The van der Waals surface area contributed by atoms with Crippen LogP contribution in [0, 0.1) is 18.2 Å². The Bertz CT molecular complexity index is 783. The van der Waals surface area contributed by atoms with E-state index in [1.165, 1.54) is 0 Å². The summed E-state index contributed by atoms with van der Waals surface area (Å²) in [5, 5.41) is 0. The van der Waals surface area contributed by atoms with Crippen molar-refractivity contribution in [1.29, 1.82) is 0 Å². The maximum Gasteiger partial charge on any atom is 0.405 e. The number of nitrogens with two attached hydrogens (primary N) is 1. The average Bonchev–Trinajstić information content (AvgIpc) is 2.71. The summed E-state index contributed by atoms with van der Waals surface area (Å²) in [4.78, 5) is 11.2. The number of halogens is 1. The van der Waals surface area contributed by atoms with E-state index >= 15 is 0 Å². The molecule has 2 aromatic rings. The number of hydrogen-bond acceptors (Lipinski definition) is 2. The van der Waals surface area contributed by atoms with Gasteiger partial charge in [-0.3, -0.25) is 0 Å². The van der Waals surface area contributed by atoms with E-state index in [1.807, 2.05) is 38.1 Å². The Morgan fingerprint density at radius 1 is 1.30 bits per heavy atom. The van der Waals surface area contributed by atoms with Crippen LogP contribution >= 0.6 is 0 Å². The van der Waals surface area contributed by atoms with Crippen LogP contribution in [0.3, 0.4) is 0 Å². The van der Waals surface area contributed by atoms with Gasteiger partial charge in [0.2, 0.25) is 0 Å². The number of carbonyl (C=O) groups is 1. The SMILES string of the molecule is Cc1cccc(-c2ccc3c(c2)CC(C)(C)C3OC(N)=O)c1F. The molecule has 0 aromatic heterocycles. The van der Waals surface area contributed by atoms with Gasteiger partial charge in [-0.1, -0.05) is 50.2 Å². The molecule has 0 saturated carbocycles. The fourth-order valence-corrected chi connectivity index (χ4v) is 3.40. The molecule has 1 aliphatic carbocycles. The van der Waals surface area contributed by atoms with Crippen molar-refractivity contribution < 1.29 is 13.9 Å². The monoisotopic (exact) mass is 313 g/mol. The van der Waals surface area contributed by atoms with Gasteiger partial charge in [-0.15, -0.1) is 0 Å². The van der Waals surface area contributed by atoms with Crippen molar-refractivity contribution in [2.24, 2.45) is 11.1 Å². The molecule has 120 valence electrons. The van der Waals surface area contributed by atoms with E-state index in [2.05, 4.69) is 0 Å². The van der Waals surface area contributed by atoms with Crippen LogP contribution in [0.25, 0.3) is 11.1 Å². The molecule has 2 N–H and O–H groups in total. The Morgan fingerprint density at radius 3 is 2.74 bits per heavy atom. The van der Waals surface area contributed by atoms with Gasteiger partial charge in [0.25, 0.3) is 0 Å². The van der Waals surface area contributed by atoms with Crippen LogP contribution in [0.4, 0.5) is 9.18 Å². The highest BCUT2D eigenvalue weighted by molar-refractivity contribution is 5.68. The number of fused-ring (bicyclic) bond motifs is 1. The van der Waals surface area contributed by atoms with Gasteiger partial charge < -0.3 is 10.5 Å². The molecule has 0 heterocycles. The lowest BCUT2D eigenvalue weighted by molar-refractivity contribution is 0.0392. The molecule has 1 amide bonds. The fraction of sp³-hybridized carbons (Fsp3) is 0.316. The summed E-state index contributed by atoms with van der Waals surface area (Å²) in [5.41, 5.74) is 9.03. The van der Waals surface area contributed by atoms with E-state index in [9.17, 15) is 9.18 Å². The van der Waals surface area contributed by atoms with Gasteiger partial charge in [0.1, 0.15) is 11.9 Å². The second-order valence-corrected chi connectivity index (χ2v) is 6.83. The molecule has 0 aliphatic heterocycles. The minimum absolute atomic E-state index is 0.199. The third kappa shape index (κ3) is 2.69. The molecule has 0 radical (unpaired) electrons. The van der Waals surface area contributed by atoms with E-state index in [4.69, 9.17) is 10.5 Å². The topological polar surface area (TPSA) is 52.3 Å². The molecule has 0 fully saturated rings. The molecule has 0 saturated heterocycles. The largest absolute Gasteiger partial charge is 0.441 e. The number of hydrogen-bond donors (Lipinski definition) is 1. The smallest absolute Gasteiger partial charge is 0.405 e. The molecule has 1 aliphatic rings. The molecule has 3 rings (SSSR count). The zero-order valence-corrected chi connectivity index (χ0v) is 13.5. The van der Waals surface area contributed by atoms with E-state index in [1.54, 1.807) is 19.1 Å². The summed E-state index contributed by atoms with van der Waals surface area (Å²) >= 11 is 0. The predicted octanol–water partition coefficient (Wildman–Crippen LogP) is 4.52. The van der Waals surface area contributed by atoms with Gasteiger partial charge in [0.15, 0.2) is 0 Å². The Kier molecular flexibility index (Phi) is 3.63. The number of rotatable bonds is 2. The predicted molar refractivity (Wildman–Crippen MR) is 87.5 cm³/mol. The van der Waals surface area contributed by atoms with E-state index in [0.29, 0.717) is 11.1 Å². The molecule has 3 nitrogen and oxygen atoms in total. The number of primary amides is 1. The van der Waals surface area contributed by atoms with Crippen molar-refractivity contribution in [2.75, 3.05) is 0 Å². The Labute approximate surface area is 135 Å². The fourth-order valence-electron chi connectivity index (χ4n) is 3.40. The van der Waals surface area contributed by atoms with Gasteiger partial charge in [-0.05, 0) is 35.6 Å². The van der Waals surface area contributed by atoms with Crippen molar-refractivity contribution in [3.63, 3.8) is 0 Å². The third-order valence-corrected chi connectivity index (χ3v) is 4.52. The van der Waals surface area contributed by atoms with Gasteiger partial charge in [0.05, 0.1) is 0 Å². The van der Waals surface area contributed by atoms with Gasteiger partial charge in [0, 0.05) is 11.0 Å². The number of ether oxygens (including phenoxy) is 1. The maximum absolute atomic E-state index is 14.4. The summed E-state index contributed by atoms with van der Waals surface area (Å²) in [5.74, 6) is -0.199. The normalized spacial score (nSPS) is 18.5. The van der Waals surface area contributed by atoms with Crippen LogP contribution < -0.4 is 5.73 Å². The van der Waals surface area contributed by atoms with Crippen molar-refractivity contribution in [2.45, 2.75) is 33.3 Å². The minimum atomic E-state index is -0.773. The van der Waals surface area contributed by atoms with Crippen LogP contribution in [-0.4, -0.2) is 6.09 Å². The zero-order chi connectivity index (χ0) is 16.8. The maximum atomic E-state index is 14.4. The minimum Gasteiger partial charge on any atom is -0.441 e. The summed E-state index contributed by atoms with van der Waals surface area (Å²) in [7, 11) is 0. The highest BCUT2D eigenvalue weighted by atomic mass is 19.1. The van der Waals surface area contributed by atoms with E-state index in [0.717, 1.165) is 23.1 Å². The third-order valence-electron chi connectivity index (χ3n) is 4.52. The summed E-state index contributed by atoms with van der Waals surface area (Å²) in [6.45, 7) is 5.83. The number of aryl methyl sites for hydroxylation is 1. The van der Waals surface area contributed by atoms with Gasteiger partial charge >= 0.3 is 6.09 Å². The Balaban J connectivity index is 2.05. The first-order chi connectivity index (χ1) is 10.8. The lowest BCUT2D eigenvalue weighted by Crippen LogP contribution is -2.25. The van der Waals surface area contributed by atoms with Crippen LogP contribution in [-0.2, 0) is 11.2 Å². The number of carbonyl (C=O) groups excluding carboxylic acids is 1. The highest BCUT2D eigenvalue weighted by Crippen LogP contribution is 2.48. The van der Waals surface area contributed by atoms with Gasteiger partial charge in [-0.25, -0.2) is 9.18 Å². The van der Waals surface area contributed by atoms with Crippen LogP contribution in [0.15, 0.2) is 36.4 Å². The average molecular weight is 313 g/mol. The molecule has 1 unspecified atom stereocenters. The van der Waals surface area contributed by atoms with Crippen LogP contribution in [0.5, 0.6) is 0 Å². The van der Waals surface area contributed by atoms with Crippen LogP contribution in [0.1, 0.15) is 36.6 Å². The lowest BCUT2D eigenvalue weighted by Gasteiger charge is -2.26. The second-order valence-electron chi connectivity index (χ2n) is 6.83. The second kappa shape index (κ2) is 5.37. The number of amides is 1. The molecular weight excluding hydrogens is 293 g/mol. The first kappa shape index (κ1) is 15.5. The lowest BCUT2D eigenvalue weighted by atomic mass is 9.87. The quantitative estimate of drug-likeness (QED) is 0.886. The molecule has 0 spiro atoms. The van der Waals surface area contributed by atoms with Crippen molar-refractivity contribution in [3.05, 3.63) is 58.9 Å². The van der Waals surface area contributed by atoms with E-state index < -0.39 is 6.09 Å². The Morgan fingerprint density at radius 2 is 2.04 bits per heavy atom. The van der Waals surface area contributed by atoms with Gasteiger partial charge in [-0.2, -0.15) is 0 Å². The summed E-state index contributed by atoms with van der Waals surface area (Å²) in [6.07, 6.45) is -0.391. The first-order valence-electron chi connectivity index (χ1n) is 7.64. The van der Waals surface area contributed by atoms with Crippen molar-refractivity contribution >= 4 is 6.09 Å². The molecule has 4 heteroatoms. The molecule has 0 bridgehead atoms. The molecular formula is C19H20FNO2. The van der Waals surface area contributed by atoms with E-state index in [-0.39, 0.29) is 17.3 Å². The molecule has 23 heavy (non-hydrogen) atoms. The zero-order valence-electron chi connectivity index (χ0n) is 13.5. The Hall–Kier alpha value is -2.36. The highest BCUT2D eigenvalue weighted by Gasteiger charge is 2.41. The molecule has 1 atom stereocenters.